The Morgan fingerprint density at radius 1 is 1.35 bits per heavy atom. The summed E-state index contributed by atoms with van der Waals surface area (Å²) in [6.07, 6.45) is 3.46. The second-order valence-electron chi connectivity index (χ2n) is 4.07. The van der Waals surface area contributed by atoms with E-state index >= 15 is 0 Å². The zero-order chi connectivity index (χ0) is 14.7. The van der Waals surface area contributed by atoms with Crippen molar-refractivity contribution in [1.82, 2.24) is 9.66 Å². The number of hydrogen-bond donors (Lipinski definition) is 1. The third kappa shape index (κ3) is 3.03. The summed E-state index contributed by atoms with van der Waals surface area (Å²) in [6, 6.07) is 3.80. The van der Waals surface area contributed by atoms with Crippen molar-refractivity contribution in [2.45, 2.75) is 6.92 Å². The van der Waals surface area contributed by atoms with Gasteiger partial charge >= 0.3 is 0 Å². The maximum Gasteiger partial charge on any atom is 0.221 e. The fourth-order valence-electron chi connectivity index (χ4n) is 1.74. The van der Waals surface area contributed by atoms with Crippen molar-refractivity contribution in [3.05, 3.63) is 33.2 Å². The van der Waals surface area contributed by atoms with Gasteiger partial charge in [0.15, 0.2) is 11.5 Å². The van der Waals surface area contributed by atoms with Gasteiger partial charge in [-0.15, -0.1) is 0 Å². The molecule has 6 nitrogen and oxygen atoms in total. The highest BCUT2D eigenvalue weighted by Gasteiger charge is 2.09. The van der Waals surface area contributed by atoms with Crippen LogP contribution in [0.5, 0.6) is 11.5 Å². The molecule has 0 radical (unpaired) electrons. The van der Waals surface area contributed by atoms with Crippen molar-refractivity contribution < 1.29 is 9.47 Å². The zero-order valence-electron chi connectivity index (χ0n) is 11.4. The number of nitrogens with zero attached hydrogens (tertiary/aromatic N) is 3. The van der Waals surface area contributed by atoms with E-state index in [9.17, 15) is 0 Å². The van der Waals surface area contributed by atoms with Crippen LogP contribution in [0.4, 0.5) is 5.95 Å². The normalized spacial score (nSPS) is 11.0. The summed E-state index contributed by atoms with van der Waals surface area (Å²) in [4.78, 5) is 4.08. The first-order chi connectivity index (χ1) is 9.55. The molecule has 0 aliphatic carbocycles. The van der Waals surface area contributed by atoms with Crippen LogP contribution in [0.25, 0.3) is 0 Å². The van der Waals surface area contributed by atoms with Gasteiger partial charge in [0.2, 0.25) is 5.95 Å². The third-order valence-electron chi connectivity index (χ3n) is 2.62. The van der Waals surface area contributed by atoms with Gasteiger partial charge in [0, 0.05) is 0 Å². The Morgan fingerprint density at radius 2 is 2.10 bits per heavy atom. The Labute approximate surface area is 130 Å². The quantitative estimate of drug-likeness (QED) is 0.647. The molecular formula is C13H15IN4O2. The van der Waals surface area contributed by atoms with Crippen LogP contribution in [0.3, 0.4) is 0 Å². The molecule has 1 heterocycles. The molecule has 0 aliphatic rings. The molecule has 2 aromatic rings. The van der Waals surface area contributed by atoms with Crippen molar-refractivity contribution in [1.29, 1.82) is 0 Å². The number of imidazole rings is 1. The van der Waals surface area contributed by atoms with E-state index in [2.05, 4.69) is 32.7 Å². The third-order valence-corrected chi connectivity index (χ3v) is 3.42. The molecule has 7 heteroatoms. The maximum absolute atomic E-state index is 5.73. The Kier molecular flexibility index (Phi) is 4.48. The van der Waals surface area contributed by atoms with Gasteiger partial charge in [-0.2, -0.15) is 5.10 Å². The summed E-state index contributed by atoms with van der Waals surface area (Å²) in [5.74, 6) is 1.73. The second kappa shape index (κ2) is 6.12. The van der Waals surface area contributed by atoms with Crippen LogP contribution < -0.4 is 15.2 Å². The Balaban J connectivity index is 2.34. The van der Waals surface area contributed by atoms with Crippen LogP contribution >= 0.6 is 22.6 Å². The highest BCUT2D eigenvalue weighted by atomic mass is 127. The van der Waals surface area contributed by atoms with Gasteiger partial charge < -0.3 is 15.2 Å². The summed E-state index contributed by atoms with van der Waals surface area (Å²) in [5.41, 5.74) is 7.44. The molecular weight excluding hydrogens is 371 g/mol. The Hall–Kier alpha value is -1.77. The average Bonchev–Trinajstić information content (AvgIpc) is 2.74. The monoisotopic (exact) mass is 386 g/mol. The van der Waals surface area contributed by atoms with Crippen LogP contribution in [0.15, 0.2) is 23.4 Å². The highest BCUT2D eigenvalue weighted by Crippen LogP contribution is 2.33. The van der Waals surface area contributed by atoms with Gasteiger partial charge in [0.05, 0.1) is 35.9 Å². The predicted octanol–water partition coefficient (Wildman–Crippen LogP) is 2.28. The molecule has 0 fully saturated rings. The van der Waals surface area contributed by atoms with Crippen molar-refractivity contribution in [2.24, 2.45) is 5.10 Å². The molecule has 1 aromatic heterocycles. The molecule has 0 unspecified atom stereocenters. The van der Waals surface area contributed by atoms with E-state index in [-0.39, 0.29) is 0 Å². The molecule has 0 atom stereocenters. The van der Waals surface area contributed by atoms with Crippen LogP contribution in [-0.4, -0.2) is 30.1 Å². The van der Waals surface area contributed by atoms with E-state index < -0.39 is 0 Å². The molecule has 106 valence electrons. The topological polar surface area (TPSA) is 74.7 Å². The molecule has 0 saturated carbocycles. The van der Waals surface area contributed by atoms with Gasteiger partial charge in [-0.05, 0) is 47.2 Å². The van der Waals surface area contributed by atoms with E-state index in [0.29, 0.717) is 17.4 Å². The molecule has 2 rings (SSSR count). The number of anilines is 1. The summed E-state index contributed by atoms with van der Waals surface area (Å²) in [5, 5.41) is 4.27. The molecule has 0 saturated heterocycles. The Bertz CT molecular complexity index is 652. The summed E-state index contributed by atoms with van der Waals surface area (Å²) in [7, 11) is 3.22. The lowest BCUT2D eigenvalue weighted by Gasteiger charge is -2.10. The predicted molar refractivity (Wildman–Crippen MR) is 86.6 cm³/mol. The molecule has 20 heavy (non-hydrogen) atoms. The van der Waals surface area contributed by atoms with Crippen LogP contribution in [0.2, 0.25) is 0 Å². The minimum Gasteiger partial charge on any atom is -0.493 e. The van der Waals surface area contributed by atoms with Gasteiger partial charge in [0.1, 0.15) is 0 Å². The number of benzene rings is 1. The minimum absolute atomic E-state index is 0.355. The van der Waals surface area contributed by atoms with E-state index in [1.807, 2.05) is 19.1 Å². The van der Waals surface area contributed by atoms with Crippen LogP contribution in [0.1, 0.15) is 11.3 Å². The lowest BCUT2D eigenvalue weighted by atomic mass is 10.2. The van der Waals surface area contributed by atoms with Crippen molar-refractivity contribution in [3.63, 3.8) is 0 Å². The van der Waals surface area contributed by atoms with Crippen molar-refractivity contribution >= 4 is 34.8 Å². The fourth-order valence-corrected chi connectivity index (χ4v) is 2.58. The molecule has 0 amide bonds. The van der Waals surface area contributed by atoms with E-state index in [1.165, 1.54) is 4.68 Å². The molecule has 0 bridgehead atoms. The number of halogens is 1. The number of hydrogen-bond acceptors (Lipinski definition) is 5. The average molecular weight is 386 g/mol. The summed E-state index contributed by atoms with van der Waals surface area (Å²) < 4.78 is 13.1. The number of nitrogens with two attached hydrogens (primary N) is 1. The number of aromatic nitrogens is 2. The van der Waals surface area contributed by atoms with Crippen molar-refractivity contribution in [3.8, 4) is 11.5 Å². The first-order valence-electron chi connectivity index (χ1n) is 5.82. The largest absolute Gasteiger partial charge is 0.493 e. The number of nitrogen functional groups attached to an aromatic ring is 1. The number of ether oxygens (including phenoxy) is 2. The van der Waals surface area contributed by atoms with E-state index in [0.717, 1.165) is 14.8 Å². The SMILES string of the molecule is COc1cc(C=Nn2cc(C)nc2N)cc(I)c1OC. The highest BCUT2D eigenvalue weighted by molar-refractivity contribution is 14.1. The number of rotatable bonds is 4. The maximum atomic E-state index is 5.73. The van der Waals surface area contributed by atoms with Gasteiger partial charge in [0.25, 0.3) is 0 Å². The van der Waals surface area contributed by atoms with Gasteiger partial charge in [-0.25, -0.2) is 9.66 Å². The van der Waals surface area contributed by atoms with E-state index in [1.54, 1.807) is 26.6 Å². The first kappa shape index (κ1) is 14.6. The minimum atomic E-state index is 0.355. The molecule has 1 aromatic carbocycles. The standard InChI is InChI=1S/C13H15IN4O2/c1-8-7-18(13(15)17-8)16-6-9-4-10(14)12(20-3)11(5-9)19-2/h4-7H,1-3H3,(H2,15,17). The van der Waals surface area contributed by atoms with E-state index in [4.69, 9.17) is 15.2 Å². The molecule has 0 spiro atoms. The van der Waals surface area contributed by atoms with Gasteiger partial charge in [-0.3, -0.25) is 0 Å². The second-order valence-corrected chi connectivity index (χ2v) is 5.23. The first-order valence-corrected chi connectivity index (χ1v) is 6.90. The Morgan fingerprint density at radius 3 is 2.65 bits per heavy atom. The molecule has 2 N–H and O–H groups in total. The van der Waals surface area contributed by atoms with Crippen LogP contribution in [-0.2, 0) is 0 Å². The smallest absolute Gasteiger partial charge is 0.221 e. The zero-order valence-corrected chi connectivity index (χ0v) is 13.6. The fraction of sp³-hybridized carbons (Fsp3) is 0.231. The lowest BCUT2D eigenvalue weighted by Crippen LogP contribution is -1.98. The summed E-state index contributed by atoms with van der Waals surface area (Å²) >= 11 is 2.19. The van der Waals surface area contributed by atoms with Gasteiger partial charge in [-0.1, -0.05) is 0 Å². The number of aryl methyl sites for hydroxylation is 1. The van der Waals surface area contributed by atoms with Crippen molar-refractivity contribution in [2.75, 3.05) is 20.0 Å². The lowest BCUT2D eigenvalue weighted by molar-refractivity contribution is 0.353. The summed E-state index contributed by atoms with van der Waals surface area (Å²) in [6.45, 7) is 1.86. The molecule has 0 aliphatic heterocycles. The van der Waals surface area contributed by atoms with Crippen LogP contribution in [0, 0.1) is 10.5 Å². The number of methoxy groups -OCH3 is 2.